The first-order valence-corrected chi connectivity index (χ1v) is 15.1. The van der Waals surface area contributed by atoms with E-state index in [4.69, 9.17) is 12.2 Å². The van der Waals surface area contributed by atoms with E-state index in [-0.39, 0.29) is 28.5 Å². The number of sulfone groups is 1. The molecule has 0 saturated carbocycles. The molecular formula is C24H30N4O4S3. The minimum atomic E-state index is -3.18. The second-order valence-electron chi connectivity index (χ2n) is 9.32. The second-order valence-corrected chi connectivity index (χ2v) is 13.2. The molecule has 1 aromatic heterocycles. The predicted octanol–water partition coefficient (Wildman–Crippen LogP) is 3.21. The Hall–Kier alpha value is -2.16. The Kier molecular flexibility index (Phi) is 7.74. The first kappa shape index (κ1) is 25.9. The number of hydrogen-bond acceptors (Lipinski definition) is 8. The summed E-state index contributed by atoms with van der Waals surface area (Å²) >= 11 is 6.64. The Morgan fingerprint density at radius 1 is 1.20 bits per heavy atom. The number of carbonyl (C=O) groups is 1. The van der Waals surface area contributed by atoms with Crippen LogP contribution in [0.4, 0.5) is 5.82 Å². The number of nitriles is 1. The van der Waals surface area contributed by atoms with Gasteiger partial charge in [-0.05, 0) is 44.2 Å². The minimum Gasteiger partial charge on any atom is -0.357 e. The summed E-state index contributed by atoms with van der Waals surface area (Å²) in [5, 5.41) is 9.80. The highest BCUT2D eigenvalue weighted by Crippen LogP contribution is 2.38. The van der Waals surface area contributed by atoms with Crippen LogP contribution in [0.2, 0.25) is 0 Å². The number of hydrogen-bond donors (Lipinski definition) is 0. The number of pyridine rings is 1. The van der Waals surface area contributed by atoms with Crippen molar-refractivity contribution in [3.63, 3.8) is 0 Å². The summed E-state index contributed by atoms with van der Waals surface area (Å²) in [5.74, 6) is 0.420. The molecule has 0 aliphatic carbocycles. The highest BCUT2D eigenvalue weighted by Gasteiger charge is 2.42. The molecule has 1 atom stereocenters. The molecule has 4 rings (SSSR count). The van der Waals surface area contributed by atoms with Crippen molar-refractivity contribution in [2.75, 3.05) is 29.5 Å². The third-order valence-corrected chi connectivity index (χ3v) is 9.95. The van der Waals surface area contributed by atoms with Gasteiger partial charge in [0.15, 0.2) is 9.84 Å². The molecule has 1 unspecified atom stereocenters. The zero-order valence-electron chi connectivity index (χ0n) is 20.1. The van der Waals surface area contributed by atoms with Crippen LogP contribution in [0.1, 0.15) is 62.1 Å². The average Bonchev–Trinajstić information content (AvgIpc) is 3.15. The van der Waals surface area contributed by atoms with Crippen LogP contribution in [0.25, 0.3) is 6.08 Å². The molecule has 0 N–H and O–H groups in total. The zero-order valence-corrected chi connectivity index (χ0v) is 22.5. The molecule has 11 heteroatoms. The van der Waals surface area contributed by atoms with E-state index in [1.807, 2.05) is 6.92 Å². The van der Waals surface area contributed by atoms with E-state index in [0.29, 0.717) is 33.3 Å². The number of thioether (sulfide) groups is 1. The lowest BCUT2D eigenvalue weighted by Crippen LogP contribution is -2.39. The zero-order chi connectivity index (χ0) is 25.3. The molecule has 3 aliphatic heterocycles. The van der Waals surface area contributed by atoms with Crippen molar-refractivity contribution >= 4 is 55.9 Å². The van der Waals surface area contributed by atoms with Gasteiger partial charge < -0.3 is 4.90 Å². The molecule has 3 saturated heterocycles. The van der Waals surface area contributed by atoms with Crippen LogP contribution in [0, 0.1) is 18.3 Å². The Bertz CT molecular complexity index is 1290. The third-order valence-electron chi connectivity index (χ3n) is 6.87. The Labute approximate surface area is 215 Å². The normalized spacial score (nSPS) is 23.7. The summed E-state index contributed by atoms with van der Waals surface area (Å²) in [6.45, 7) is 5.83. The fraction of sp³-hybridized carbons (Fsp3) is 0.583. The van der Waals surface area contributed by atoms with Gasteiger partial charge in [-0.3, -0.25) is 19.1 Å². The number of anilines is 1. The summed E-state index contributed by atoms with van der Waals surface area (Å²) < 4.78 is 26.0. The third kappa shape index (κ3) is 5.06. The molecular weight excluding hydrogens is 504 g/mol. The van der Waals surface area contributed by atoms with Gasteiger partial charge in [-0.2, -0.15) is 5.26 Å². The van der Waals surface area contributed by atoms with Gasteiger partial charge in [-0.1, -0.05) is 43.7 Å². The van der Waals surface area contributed by atoms with Gasteiger partial charge in [0, 0.05) is 25.2 Å². The molecule has 4 heterocycles. The van der Waals surface area contributed by atoms with Crippen molar-refractivity contribution in [1.82, 2.24) is 9.47 Å². The van der Waals surface area contributed by atoms with E-state index in [1.54, 1.807) is 17.6 Å². The van der Waals surface area contributed by atoms with Gasteiger partial charge in [0.1, 0.15) is 21.8 Å². The van der Waals surface area contributed by atoms with Crippen LogP contribution >= 0.6 is 24.0 Å². The number of carbonyl (C=O) groups excluding carboxylic acids is 1. The molecule has 3 aliphatic rings. The van der Waals surface area contributed by atoms with Gasteiger partial charge in [0.2, 0.25) is 0 Å². The van der Waals surface area contributed by atoms with Crippen molar-refractivity contribution in [1.29, 1.82) is 5.26 Å². The monoisotopic (exact) mass is 534 g/mol. The van der Waals surface area contributed by atoms with Crippen LogP contribution in [0.5, 0.6) is 0 Å². The first-order valence-electron chi connectivity index (χ1n) is 12.1. The number of nitrogens with zero attached hydrogens (tertiary/aromatic N) is 4. The number of amides is 1. The SMILES string of the molecule is CCCn1c(N2CCCCCC2)c(/C=C2/SC(=S)N(C3CCS(=O)(=O)C3)C2=O)c(C)c(C#N)c1=O. The summed E-state index contributed by atoms with van der Waals surface area (Å²) in [6.07, 6.45) is 7.13. The highest BCUT2D eigenvalue weighted by molar-refractivity contribution is 8.26. The largest absolute Gasteiger partial charge is 0.357 e. The molecule has 1 amide bonds. The summed E-state index contributed by atoms with van der Waals surface area (Å²) in [7, 11) is -3.18. The number of thiocarbonyl (C=S) groups is 1. The van der Waals surface area contributed by atoms with E-state index in [1.165, 1.54) is 4.90 Å². The van der Waals surface area contributed by atoms with Crippen molar-refractivity contribution in [3.05, 3.63) is 31.9 Å². The van der Waals surface area contributed by atoms with Crippen molar-refractivity contribution < 1.29 is 13.2 Å². The number of aromatic nitrogens is 1. The second kappa shape index (κ2) is 10.4. The maximum Gasteiger partial charge on any atom is 0.270 e. The van der Waals surface area contributed by atoms with E-state index in [2.05, 4.69) is 11.0 Å². The van der Waals surface area contributed by atoms with Gasteiger partial charge in [-0.25, -0.2) is 8.42 Å². The summed E-state index contributed by atoms with van der Waals surface area (Å²) in [6, 6.07) is 1.63. The van der Waals surface area contributed by atoms with Gasteiger partial charge in [-0.15, -0.1) is 0 Å². The van der Waals surface area contributed by atoms with Crippen LogP contribution in [0.3, 0.4) is 0 Å². The van der Waals surface area contributed by atoms with E-state index >= 15 is 0 Å². The Morgan fingerprint density at radius 2 is 1.89 bits per heavy atom. The van der Waals surface area contributed by atoms with E-state index < -0.39 is 15.9 Å². The van der Waals surface area contributed by atoms with Crippen molar-refractivity contribution in [2.45, 2.75) is 65.0 Å². The van der Waals surface area contributed by atoms with Crippen molar-refractivity contribution in [2.24, 2.45) is 0 Å². The van der Waals surface area contributed by atoms with Crippen LogP contribution < -0.4 is 10.5 Å². The molecule has 0 bridgehead atoms. The average molecular weight is 535 g/mol. The first-order chi connectivity index (χ1) is 16.7. The van der Waals surface area contributed by atoms with E-state index in [9.17, 15) is 23.3 Å². The smallest absolute Gasteiger partial charge is 0.270 e. The van der Waals surface area contributed by atoms with E-state index in [0.717, 1.165) is 62.8 Å². The van der Waals surface area contributed by atoms with Gasteiger partial charge in [0.25, 0.3) is 11.5 Å². The lowest BCUT2D eigenvalue weighted by Gasteiger charge is -2.29. The van der Waals surface area contributed by atoms with Gasteiger partial charge in [0.05, 0.1) is 22.5 Å². The fourth-order valence-electron chi connectivity index (χ4n) is 5.10. The quantitative estimate of drug-likeness (QED) is 0.419. The van der Waals surface area contributed by atoms with Crippen molar-refractivity contribution in [3.8, 4) is 6.07 Å². The molecule has 0 aromatic carbocycles. The minimum absolute atomic E-state index is 0.0551. The standard InChI is InChI=1S/C24H30N4O4S3/c1-3-9-27-21(26-10-6-4-5-7-11-26)18(16(2)19(14-25)22(27)29)13-20-23(30)28(24(33)34-20)17-8-12-35(31,32)15-17/h13,17H,3-12,15H2,1-2H3/b20-13+. The van der Waals surface area contributed by atoms with Crippen LogP contribution in [-0.4, -0.2) is 58.7 Å². The van der Waals surface area contributed by atoms with Crippen LogP contribution in [-0.2, 0) is 21.2 Å². The highest BCUT2D eigenvalue weighted by atomic mass is 32.2. The lowest BCUT2D eigenvalue weighted by molar-refractivity contribution is -0.123. The topological polar surface area (TPSA) is 103 Å². The summed E-state index contributed by atoms with van der Waals surface area (Å²) in [4.78, 5) is 30.7. The maximum atomic E-state index is 13.4. The van der Waals surface area contributed by atoms with Crippen LogP contribution in [0.15, 0.2) is 9.70 Å². The molecule has 0 radical (unpaired) electrons. The maximum absolute atomic E-state index is 13.4. The molecule has 35 heavy (non-hydrogen) atoms. The number of rotatable bonds is 5. The Morgan fingerprint density at radius 3 is 2.46 bits per heavy atom. The molecule has 8 nitrogen and oxygen atoms in total. The predicted molar refractivity (Wildman–Crippen MR) is 143 cm³/mol. The molecule has 188 valence electrons. The summed E-state index contributed by atoms with van der Waals surface area (Å²) in [5.41, 5.74) is 1.03. The molecule has 1 aromatic rings. The fourth-order valence-corrected chi connectivity index (χ4v) is 8.19. The lowest BCUT2D eigenvalue weighted by atomic mass is 10.0. The molecule has 3 fully saturated rings. The molecule has 0 spiro atoms. The van der Waals surface area contributed by atoms with Gasteiger partial charge >= 0.3 is 0 Å². The Balaban J connectivity index is 1.85.